The van der Waals surface area contributed by atoms with E-state index in [1.807, 2.05) is 0 Å². The molecule has 0 aromatic carbocycles. The first-order chi connectivity index (χ1) is 5.74. The van der Waals surface area contributed by atoms with E-state index < -0.39 is 0 Å². The van der Waals surface area contributed by atoms with Crippen LogP contribution in [0, 0.1) is 5.92 Å². The first-order valence-corrected chi connectivity index (χ1v) is 5.03. The van der Waals surface area contributed by atoms with Gasteiger partial charge in [0.2, 0.25) is 0 Å². The molecule has 0 saturated heterocycles. The molecule has 12 heavy (non-hydrogen) atoms. The lowest BCUT2D eigenvalue weighted by molar-refractivity contribution is -0.0349. The van der Waals surface area contributed by atoms with Gasteiger partial charge in [0.25, 0.3) is 0 Å². The summed E-state index contributed by atoms with van der Waals surface area (Å²) in [5, 5.41) is 9.57. The number of rotatable bonds is 3. The zero-order valence-electron chi connectivity index (χ0n) is 8.12. The second-order valence-electron chi connectivity index (χ2n) is 3.85. The molecule has 1 aliphatic rings. The lowest BCUT2D eigenvalue weighted by Crippen LogP contribution is -2.32. The van der Waals surface area contributed by atoms with E-state index in [0.29, 0.717) is 12.0 Å². The van der Waals surface area contributed by atoms with Gasteiger partial charge in [-0.1, -0.05) is 13.8 Å². The van der Waals surface area contributed by atoms with Crippen molar-refractivity contribution in [1.82, 2.24) is 0 Å². The van der Waals surface area contributed by atoms with Crippen LogP contribution in [0.15, 0.2) is 0 Å². The van der Waals surface area contributed by atoms with Crippen LogP contribution in [0.3, 0.4) is 0 Å². The fourth-order valence-electron chi connectivity index (χ4n) is 1.70. The topological polar surface area (TPSA) is 29.5 Å². The molecule has 2 nitrogen and oxygen atoms in total. The smallest absolute Gasteiger partial charge is 0.0600 e. The second kappa shape index (κ2) is 4.83. The standard InChI is InChI=1S/C10H20O2/c1-3-6-12-9-5-4-8(2)10(11)7-9/h8-11H,3-7H2,1-2H3/t8-,9+,10+/m0/s1. The van der Waals surface area contributed by atoms with E-state index in [-0.39, 0.29) is 6.10 Å². The zero-order chi connectivity index (χ0) is 8.97. The van der Waals surface area contributed by atoms with Crippen molar-refractivity contribution in [3.63, 3.8) is 0 Å². The van der Waals surface area contributed by atoms with Gasteiger partial charge in [0, 0.05) is 6.61 Å². The normalized spacial score (nSPS) is 36.8. The first-order valence-electron chi connectivity index (χ1n) is 5.03. The van der Waals surface area contributed by atoms with Crippen LogP contribution < -0.4 is 0 Å². The van der Waals surface area contributed by atoms with E-state index in [1.165, 1.54) is 0 Å². The highest BCUT2D eigenvalue weighted by atomic mass is 16.5. The Hall–Kier alpha value is -0.0800. The summed E-state index contributed by atoms with van der Waals surface area (Å²) in [6.45, 7) is 5.06. The fourth-order valence-corrected chi connectivity index (χ4v) is 1.70. The van der Waals surface area contributed by atoms with Gasteiger partial charge in [0.05, 0.1) is 12.2 Å². The number of aliphatic hydroxyl groups is 1. The van der Waals surface area contributed by atoms with Gasteiger partial charge in [-0.3, -0.25) is 0 Å². The molecule has 1 rings (SSSR count). The highest BCUT2D eigenvalue weighted by Crippen LogP contribution is 2.26. The van der Waals surface area contributed by atoms with E-state index in [1.54, 1.807) is 0 Å². The average molecular weight is 172 g/mol. The summed E-state index contributed by atoms with van der Waals surface area (Å²) < 4.78 is 5.59. The summed E-state index contributed by atoms with van der Waals surface area (Å²) >= 11 is 0. The quantitative estimate of drug-likeness (QED) is 0.705. The Kier molecular flexibility index (Phi) is 4.02. The molecule has 1 N–H and O–H groups in total. The predicted molar refractivity (Wildman–Crippen MR) is 49.1 cm³/mol. The van der Waals surface area contributed by atoms with Crippen molar-refractivity contribution in [2.45, 2.75) is 51.7 Å². The van der Waals surface area contributed by atoms with Crippen LogP contribution in [-0.4, -0.2) is 23.9 Å². The average Bonchev–Trinajstić information content (AvgIpc) is 2.07. The van der Waals surface area contributed by atoms with Crippen LogP contribution in [0.25, 0.3) is 0 Å². The zero-order valence-corrected chi connectivity index (χ0v) is 8.12. The summed E-state index contributed by atoms with van der Waals surface area (Å²) in [4.78, 5) is 0. The van der Waals surface area contributed by atoms with Crippen molar-refractivity contribution < 1.29 is 9.84 Å². The number of hydrogen-bond donors (Lipinski definition) is 1. The SMILES string of the molecule is CCCO[C@@H]1CC[C@H](C)[C@H](O)C1. The van der Waals surface area contributed by atoms with Crippen molar-refractivity contribution >= 4 is 0 Å². The minimum atomic E-state index is -0.138. The molecular formula is C10H20O2. The molecule has 0 aliphatic heterocycles. The Morgan fingerprint density at radius 2 is 2.17 bits per heavy atom. The third kappa shape index (κ3) is 2.76. The van der Waals surface area contributed by atoms with E-state index in [0.717, 1.165) is 32.3 Å². The summed E-state index contributed by atoms with van der Waals surface area (Å²) in [6.07, 6.45) is 4.31. The summed E-state index contributed by atoms with van der Waals surface area (Å²) in [5.74, 6) is 0.464. The van der Waals surface area contributed by atoms with Gasteiger partial charge in [-0.15, -0.1) is 0 Å². The lowest BCUT2D eigenvalue weighted by Gasteiger charge is -2.30. The predicted octanol–water partition coefficient (Wildman–Crippen LogP) is 1.96. The fraction of sp³-hybridized carbons (Fsp3) is 1.00. The van der Waals surface area contributed by atoms with Crippen molar-refractivity contribution in [3.05, 3.63) is 0 Å². The van der Waals surface area contributed by atoms with Gasteiger partial charge in [-0.25, -0.2) is 0 Å². The van der Waals surface area contributed by atoms with Crippen molar-refractivity contribution in [1.29, 1.82) is 0 Å². The van der Waals surface area contributed by atoms with Crippen molar-refractivity contribution in [2.75, 3.05) is 6.61 Å². The molecule has 1 saturated carbocycles. The van der Waals surface area contributed by atoms with E-state index in [4.69, 9.17) is 4.74 Å². The molecule has 0 spiro atoms. The van der Waals surface area contributed by atoms with Crippen molar-refractivity contribution in [3.8, 4) is 0 Å². The Morgan fingerprint density at radius 3 is 2.75 bits per heavy atom. The van der Waals surface area contributed by atoms with Crippen LogP contribution in [-0.2, 0) is 4.74 Å². The summed E-state index contributed by atoms with van der Waals surface area (Å²) in [6, 6.07) is 0. The molecule has 1 aliphatic carbocycles. The summed E-state index contributed by atoms with van der Waals surface area (Å²) in [5.41, 5.74) is 0. The monoisotopic (exact) mass is 172 g/mol. The van der Waals surface area contributed by atoms with Gasteiger partial charge in [0.1, 0.15) is 0 Å². The molecule has 1 fully saturated rings. The van der Waals surface area contributed by atoms with E-state index in [9.17, 15) is 5.11 Å². The van der Waals surface area contributed by atoms with Gasteiger partial charge < -0.3 is 9.84 Å². The summed E-state index contributed by atoms with van der Waals surface area (Å²) in [7, 11) is 0. The van der Waals surface area contributed by atoms with Crippen LogP contribution >= 0.6 is 0 Å². The van der Waals surface area contributed by atoms with Gasteiger partial charge >= 0.3 is 0 Å². The Labute approximate surface area is 74.9 Å². The molecule has 72 valence electrons. The maximum Gasteiger partial charge on any atom is 0.0600 e. The highest BCUT2D eigenvalue weighted by Gasteiger charge is 2.25. The molecule has 0 unspecified atom stereocenters. The minimum Gasteiger partial charge on any atom is -0.393 e. The number of aliphatic hydroxyl groups excluding tert-OH is 1. The van der Waals surface area contributed by atoms with Crippen molar-refractivity contribution in [2.24, 2.45) is 5.92 Å². The van der Waals surface area contributed by atoms with E-state index >= 15 is 0 Å². The number of hydrogen-bond acceptors (Lipinski definition) is 2. The molecule has 0 aromatic heterocycles. The Balaban J connectivity index is 2.21. The highest BCUT2D eigenvalue weighted by molar-refractivity contribution is 4.77. The second-order valence-corrected chi connectivity index (χ2v) is 3.85. The molecular weight excluding hydrogens is 152 g/mol. The minimum absolute atomic E-state index is 0.138. The maximum absolute atomic E-state index is 9.57. The third-order valence-electron chi connectivity index (χ3n) is 2.66. The van der Waals surface area contributed by atoms with Crippen LogP contribution in [0.4, 0.5) is 0 Å². The van der Waals surface area contributed by atoms with Crippen LogP contribution in [0.1, 0.15) is 39.5 Å². The lowest BCUT2D eigenvalue weighted by atomic mass is 9.86. The molecule has 0 heterocycles. The third-order valence-corrected chi connectivity index (χ3v) is 2.66. The first kappa shape index (κ1) is 10.0. The molecule has 0 bridgehead atoms. The van der Waals surface area contributed by atoms with Crippen LogP contribution in [0.2, 0.25) is 0 Å². The van der Waals surface area contributed by atoms with Gasteiger partial charge in [0.15, 0.2) is 0 Å². The Morgan fingerprint density at radius 1 is 1.42 bits per heavy atom. The van der Waals surface area contributed by atoms with Gasteiger partial charge in [-0.2, -0.15) is 0 Å². The molecule has 0 aromatic rings. The molecule has 0 amide bonds. The largest absolute Gasteiger partial charge is 0.393 e. The number of ether oxygens (including phenoxy) is 1. The van der Waals surface area contributed by atoms with E-state index in [2.05, 4.69) is 13.8 Å². The van der Waals surface area contributed by atoms with Gasteiger partial charge in [-0.05, 0) is 31.6 Å². The molecule has 3 atom stereocenters. The Bertz CT molecular complexity index is 123. The van der Waals surface area contributed by atoms with Crippen LogP contribution in [0.5, 0.6) is 0 Å². The molecule has 0 radical (unpaired) electrons. The molecule has 2 heteroatoms. The maximum atomic E-state index is 9.57.